The highest BCUT2D eigenvalue weighted by Gasteiger charge is 2.30. The molecule has 1 aliphatic rings. The number of fused-ring (bicyclic) bond motifs is 1. The van der Waals surface area contributed by atoms with Gasteiger partial charge in [-0.1, -0.05) is 5.92 Å². The highest BCUT2D eigenvalue weighted by Crippen LogP contribution is 2.29. The van der Waals surface area contributed by atoms with Gasteiger partial charge in [0.15, 0.2) is 5.78 Å². The fraction of sp³-hybridized carbons (Fsp3) is 0.500. The van der Waals surface area contributed by atoms with Crippen molar-refractivity contribution in [3.05, 3.63) is 22.5 Å². The van der Waals surface area contributed by atoms with Crippen LogP contribution in [0.2, 0.25) is 0 Å². The smallest absolute Gasteiger partial charge is 0.169 e. The molecule has 0 spiro atoms. The zero-order valence-electron chi connectivity index (χ0n) is 10.6. The van der Waals surface area contributed by atoms with E-state index >= 15 is 0 Å². The van der Waals surface area contributed by atoms with Crippen molar-refractivity contribution in [1.29, 1.82) is 0 Å². The summed E-state index contributed by atoms with van der Waals surface area (Å²) in [5.41, 5.74) is 4.26. The van der Waals surface area contributed by atoms with Gasteiger partial charge in [0.2, 0.25) is 0 Å². The van der Waals surface area contributed by atoms with Crippen molar-refractivity contribution in [2.75, 3.05) is 6.54 Å². The normalized spacial score (nSPS) is 18.3. The van der Waals surface area contributed by atoms with Crippen LogP contribution in [0, 0.1) is 31.7 Å². The lowest BCUT2D eigenvalue weighted by Gasteiger charge is -2.20. The SMILES string of the molecule is CC#CNCC1CCc2[nH]c(C)c(C)c2C1=O. The van der Waals surface area contributed by atoms with E-state index in [0.717, 1.165) is 35.4 Å². The molecule has 0 saturated carbocycles. The molecule has 17 heavy (non-hydrogen) atoms. The van der Waals surface area contributed by atoms with Crippen LogP contribution >= 0.6 is 0 Å². The average molecular weight is 230 g/mol. The lowest BCUT2D eigenvalue weighted by atomic mass is 9.84. The van der Waals surface area contributed by atoms with E-state index in [2.05, 4.69) is 22.3 Å². The summed E-state index contributed by atoms with van der Waals surface area (Å²) in [4.78, 5) is 15.7. The highest BCUT2D eigenvalue weighted by molar-refractivity contribution is 6.01. The number of nitrogens with one attached hydrogen (secondary N) is 2. The van der Waals surface area contributed by atoms with Crippen LogP contribution in [0.15, 0.2) is 0 Å². The minimum absolute atomic E-state index is 0.0669. The molecule has 3 heteroatoms. The molecule has 1 aromatic heterocycles. The predicted molar refractivity (Wildman–Crippen MR) is 67.9 cm³/mol. The maximum Gasteiger partial charge on any atom is 0.169 e. The molecule has 0 saturated heterocycles. The topological polar surface area (TPSA) is 44.9 Å². The summed E-state index contributed by atoms with van der Waals surface area (Å²) in [7, 11) is 0. The molecule has 1 unspecified atom stereocenters. The fourth-order valence-corrected chi connectivity index (χ4v) is 2.43. The van der Waals surface area contributed by atoms with E-state index in [1.54, 1.807) is 6.92 Å². The van der Waals surface area contributed by atoms with Crippen molar-refractivity contribution in [3.63, 3.8) is 0 Å². The molecule has 1 heterocycles. The number of carbonyl (C=O) groups excluding carboxylic acids is 1. The maximum absolute atomic E-state index is 12.3. The molecule has 0 aromatic carbocycles. The van der Waals surface area contributed by atoms with Crippen molar-refractivity contribution >= 4 is 5.78 Å². The zero-order chi connectivity index (χ0) is 12.4. The Balaban J connectivity index is 2.19. The fourth-order valence-electron chi connectivity index (χ4n) is 2.43. The number of rotatable bonds is 2. The van der Waals surface area contributed by atoms with Gasteiger partial charge in [0.1, 0.15) is 0 Å². The van der Waals surface area contributed by atoms with Crippen molar-refractivity contribution in [1.82, 2.24) is 10.3 Å². The van der Waals surface area contributed by atoms with Gasteiger partial charge in [-0.25, -0.2) is 0 Å². The van der Waals surface area contributed by atoms with E-state index in [1.165, 1.54) is 0 Å². The summed E-state index contributed by atoms with van der Waals surface area (Å²) < 4.78 is 0. The zero-order valence-corrected chi connectivity index (χ0v) is 10.6. The van der Waals surface area contributed by atoms with Crippen LogP contribution in [0.5, 0.6) is 0 Å². The van der Waals surface area contributed by atoms with Crippen LogP contribution in [-0.4, -0.2) is 17.3 Å². The minimum Gasteiger partial charge on any atom is -0.362 e. The van der Waals surface area contributed by atoms with Crippen molar-refractivity contribution in [2.24, 2.45) is 5.92 Å². The molecule has 90 valence electrons. The van der Waals surface area contributed by atoms with Gasteiger partial charge in [0.05, 0.1) is 0 Å². The minimum atomic E-state index is 0.0669. The Hall–Kier alpha value is -1.69. The van der Waals surface area contributed by atoms with Gasteiger partial charge in [0.25, 0.3) is 0 Å². The summed E-state index contributed by atoms with van der Waals surface area (Å²) >= 11 is 0. The molecule has 0 amide bonds. The van der Waals surface area contributed by atoms with Crippen LogP contribution in [0.25, 0.3) is 0 Å². The number of aromatic nitrogens is 1. The highest BCUT2D eigenvalue weighted by atomic mass is 16.1. The van der Waals surface area contributed by atoms with Gasteiger partial charge in [-0.3, -0.25) is 4.79 Å². The second kappa shape index (κ2) is 4.67. The number of aryl methyl sites for hydroxylation is 2. The summed E-state index contributed by atoms with van der Waals surface area (Å²) in [5, 5.41) is 3.00. The number of carbonyl (C=O) groups is 1. The first-order valence-corrected chi connectivity index (χ1v) is 6.02. The van der Waals surface area contributed by atoms with Gasteiger partial charge >= 0.3 is 0 Å². The average Bonchev–Trinajstić information content (AvgIpc) is 2.59. The molecular weight excluding hydrogens is 212 g/mol. The Labute approximate surface area is 102 Å². The standard InChI is InChI=1S/C14H18N2O/c1-4-7-15-8-11-5-6-12-13(14(11)17)9(2)10(3)16-12/h11,15-16H,5-6,8H2,1-3H3. The van der Waals surface area contributed by atoms with Crippen LogP contribution in [-0.2, 0) is 6.42 Å². The maximum atomic E-state index is 12.3. The Kier molecular flexibility index (Phi) is 3.23. The van der Waals surface area contributed by atoms with E-state index < -0.39 is 0 Å². The molecule has 1 aliphatic carbocycles. The monoisotopic (exact) mass is 230 g/mol. The molecule has 2 N–H and O–H groups in total. The Morgan fingerprint density at radius 2 is 2.24 bits per heavy atom. The number of H-pyrrole nitrogens is 1. The molecule has 0 fully saturated rings. The molecule has 3 nitrogen and oxygen atoms in total. The molecule has 0 radical (unpaired) electrons. The number of hydrogen-bond acceptors (Lipinski definition) is 2. The Bertz CT molecular complexity index is 502. The largest absolute Gasteiger partial charge is 0.362 e. The van der Waals surface area contributed by atoms with Crippen molar-refractivity contribution < 1.29 is 4.79 Å². The Morgan fingerprint density at radius 3 is 2.94 bits per heavy atom. The van der Waals surface area contributed by atoms with Crippen LogP contribution in [0.3, 0.4) is 0 Å². The first-order chi connectivity index (χ1) is 8.15. The molecule has 0 bridgehead atoms. The lowest BCUT2D eigenvalue weighted by molar-refractivity contribution is 0.0903. The molecule has 1 atom stereocenters. The number of aromatic amines is 1. The van der Waals surface area contributed by atoms with Crippen molar-refractivity contribution in [2.45, 2.75) is 33.6 Å². The first kappa shape index (κ1) is 11.8. The summed E-state index contributed by atoms with van der Waals surface area (Å²) in [5.74, 6) is 3.11. The second-order valence-corrected chi connectivity index (χ2v) is 4.58. The summed E-state index contributed by atoms with van der Waals surface area (Å²) in [6.45, 7) is 6.48. The van der Waals surface area contributed by atoms with Crippen LogP contribution in [0.1, 0.15) is 40.7 Å². The third-order valence-electron chi connectivity index (χ3n) is 3.50. The first-order valence-electron chi connectivity index (χ1n) is 6.02. The van der Waals surface area contributed by atoms with E-state index in [4.69, 9.17) is 0 Å². The molecule has 2 rings (SSSR count). The lowest BCUT2D eigenvalue weighted by Crippen LogP contribution is -2.30. The Morgan fingerprint density at radius 1 is 1.47 bits per heavy atom. The molecule has 0 aliphatic heterocycles. The third kappa shape index (κ3) is 2.08. The van der Waals surface area contributed by atoms with Gasteiger partial charge in [-0.05, 0) is 39.2 Å². The number of hydrogen-bond donors (Lipinski definition) is 2. The second-order valence-electron chi connectivity index (χ2n) is 4.58. The number of Topliss-reactive ketones (excluding diaryl/α,β-unsaturated/α-hetero) is 1. The third-order valence-corrected chi connectivity index (χ3v) is 3.50. The van der Waals surface area contributed by atoms with Gasteiger partial charge in [0, 0.05) is 35.5 Å². The van der Waals surface area contributed by atoms with Gasteiger partial charge < -0.3 is 10.3 Å². The molecular formula is C14H18N2O. The van der Waals surface area contributed by atoms with E-state index in [0.29, 0.717) is 6.54 Å². The van der Waals surface area contributed by atoms with Gasteiger partial charge in [-0.15, -0.1) is 0 Å². The van der Waals surface area contributed by atoms with Crippen LogP contribution < -0.4 is 5.32 Å². The van der Waals surface area contributed by atoms with E-state index in [9.17, 15) is 4.79 Å². The number of ketones is 1. The summed E-state index contributed by atoms with van der Waals surface area (Å²) in [6, 6.07) is 2.80. The van der Waals surface area contributed by atoms with Crippen molar-refractivity contribution in [3.8, 4) is 12.0 Å². The quantitative estimate of drug-likeness (QED) is 0.602. The van der Waals surface area contributed by atoms with E-state index in [1.807, 2.05) is 13.8 Å². The predicted octanol–water partition coefficient (Wildman–Crippen LogP) is 1.95. The van der Waals surface area contributed by atoms with Gasteiger partial charge in [-0.2, -0.15) is 0 Å². The van der Waals surface area contributed by atoms with Crippen LogP contribution in [0.4, 0.5) is 0 Å². The van der Waals surface area contributed by atoms with E-state index in [-0.39, 0.29) is 11.7 Å². The molecule has 1 aromatic rings. The summed E-state index contributed by atoms with van der Waals surface area (Å²) in [6.07, 6.45) is 1.87.